The number of hydrogen-bond donors (Lipinski definition) is 2. The minimum absolute atomic E-state index is 0.247. The molecule has 1 fully saturated rings. The number of rotatable bonds is 6. The Hall–Kier alpha value is -2.30. The van der Waals surface area contributed by atoms with Gasteiger partial charge < -0.3 is 15.2 Å². The summed E-state index contributed by atoms with van der Waals surface area (Å²) in [4.78, 5) is 23.2. The Morgan fingerprint density at radius 2 is 2.05 bits per heavy atom. The molecule has 2 rings (SSSR count). The lowest BCUT2D eigenvalue weighted by molar-refractivity contribution is -0.142. The molecular formula is C16H19NO4. The highest BCUT2D eigenvalue weighted by Gasteiger charge is 2.33. The van der Waals surface area contributed by atoms with E-state index in [-0.39, 0.29) is 11.9 Å². The fourth-order valence-electron chi connectivity index (χ4n) is 2.54. The highest BCUT2D eigenvalue weighted by molar-refractivity contribution is 5.94. The van der Waals surface area contributed by atoms with Crippen LogP contribution < -0.4 is 10.1 Å². The SMILES string of the molecule is C=CCOc1ccc(C(=O)N[C@H]2CCC[C@H]2C(=O)O)cc1. The molecule has 21 heavy (non-hydrogen) atoms. The summed E-state index contributed by atoms with van der Waals surface area (Å²) in [5, 5.41) is 11.9. The predicted molar refractivity (Wildman–Crippen MR) is 78.4 cm³/mol. The molecule has 1 aromatic rings. The van der Waals surface area contributed by atoms with Crippen molar-refractivity contribution in [2.45, 2.75) is 25.3 Å². The number of carboxylic acids is 1. The maximum atomic E-state index is 12.1. The molecule has 1 aliphatic rings. The number of carboxylic acid groups (broad SMARTS) is 1. The Morgan fingerprint density at radius 1 is 1.33 bits per heavy atom. The van der Waals surface area contributed by atoms with Crippen LogP contribution >= 0.6 is 0 Å². The van der Waals surface area contributed by atoms with Crippen LogP contribution in [0.3, 0.4) is 0 Å². The highest BCUT2D eigenvalue weighted by atomic mass is 16.5. The molecule has 0 bridgehead atoms. The van der Waals surface area contributed by atoms with E-state index in [4.69, 9.17) is 9.84 Å². The summed E-state index contributed by atoms with van der Waals surface area (Å²) in [5.74, 6) is -0.908. The Labute approximate surface area is 123 Å². The Bertz CT molecular complexity index is 524. The number of aliphatic carboxylic acids is 1. The van der Waals surface area contributed by atoms with E-state index in [2.05, 4.69) is 11.9 Å². The summed E-state index contributed by atoms with van der Waals surface area (Å²) >= 11 is 0. The van der Waals surface area contributed by atoms with Gasteiger partial charge in [-0.25, -0.2) is 0 Å². The average Bonchev–Trinajstić information content (AvgIpc) is 2.94. The standard InChI is InChI=1S/C16H19NO4/c1-2-10-21-12-8-6-11(7-9-12)15(18)17-14-5-3-4-13(14)16(19)20/h2,6-9,13-14H,1,3-5,10H2,(H,17,18)(H,19,20)/t13-,14+/m1/s1. The molecule has 0 unspecified atom stereocenters. The second kappa shape index (κ2) is 6.92. The zero-order chi connectivity index (χ0) is 15.2. The van der Waals surface area contributed by atoms with Crippen molar-refractivity contribution in [3.05, 3.63) is 42.5 Å². The van der Waals surface area contributed by atoms with Crippen LogP contribution in [-0.4, -0.2) is 29.6 Å². The van der Waals surface area contributed by atoms with Gasteiger partial charge in [-0.15, -0.1) is 0 Å². The van der Waals surface area contributed by atoms with Crippen molar-refractivity contribution in [1.29, 1.82) is 0 Å². The van der Waals surface area contributed by atoms with Gasteiger partial charge >= 0.3 is 5.97 Å². The van der Waals surface area contributed by atoms with Crippen molar-refractivity contribution in [2.24, 2.45) is 5.92 Å². The minimum atomic E-state index is -0.842. The van der Waals surface area contributed by atoms with Gasteiger partial charge in [0, 0.05) is 11.6 Å². The number of carbonyl (C=O) groups excluding carboxylic acids is 1. The first-order valence-corrected chi connectivity index (χ1v) is 6.99. The van der Waals surface area contributed by atoms with E-state index < -0.39 is 11.9 Å². The Balaban J connectivity index is 1.96. The van der Waals surface area contributed by atoms with E-state index in [1.54, 1.807) is 30.3 Å². The first kappa shape index (κ1) is 15.1. The zero-order valence-electron chi connectivity index (χ0n) is 11.7. The fourth-order valence-corrected chi connectivity index (χ4v) is 2.54. The summed E-state index contributed by atoms with van der Waals surface area (Å²) in [7, 11) is 0. The molecule has 0 spiro atoms. The van der Waals surface area contributed by atoms with Gasteiger partial charge in [0.25, 0.3) is 5.91 Å². The zero-order valence-corrected chi connectivity index (χ0v) is 11.7. The van der Waals surface area contributed by atoms with Gasteiger partial charge in [-0.2, -0.15) is 0 Å². The molecule has 112 valence electrons. The van der Waals surface area contributed by atoms with Gasteiger partial charge in [0.1, 0.15) is 12.4 Å². The van der Waals surface area contributed by atoms with Crippen molar-refractivity contribution in [2.75, 3.05) is 6.61 Å². The molecule has 0 saturated heterocycles. The largest absolute Gasteiger partial charge is 0.490 e. The number of benzene rings is 1. The van der Waals surface area contributed by atoms with E-state index in [0.717, 1.165) is 6.42 Å². The summed E-state index contributed by atoms with van der Waals surface area (Å²) < 4.78 is 5.34. The van der Waals surface area contributed by atoms with Gasteiger partial charge in [0.05, 0.1) is 5.92 Å². The second-order valence-electron chi connectivity index (χ2n) is 5.08. The highest BCUT2D eigenvalue weighted by Crippen LogP contribution is 2.26. The maximum absolute atomic E-state index is 12.1. The third-order valence-corrected chi connectivity index (χ3v) is 3.63. The van der Waals surface area contributed by atoms with Gasteiger partial charge in [0.15, 0.2) is 0 Å². The summed E-state index contributed by atoms with van der Waals surface area (Å²) in [6.07, 6.45) is 3.81. The lowest BCUT2D eigenvalue weighted by Crippen LogP contribution is -2.40. The summed E-state index contributed by atoms with van der Waals surface area (Å²) in [5.41, 5.74) is 0.497. The van der Waals surface area contributed by atoms with Crippen molar-refractivity contribution >= 4 is 11.9 Å². The lowest BCUT2D eigenvalue weighted by atomic mass is 10.0. The van der Waals surface area contributed by atoms with Crippen LogP contribution in [0.5, 0.6) is 5.75 Å². The second-order valence-corrected chi connectivity index (χ2v) is 5.08. The third-order valence-electron chi connectivity index (χ3n) is 3.63. The summed E-state index contributed by atoms with van der Waals surface area (Å²) in [6.45, 7) is 3.97. The van der Waals surface area contributed by atoms with Crippen molar-refractivity contribution in [1.82, 2.24) is 5.32 Å². The number of nitrogens with one attached hydrogen (secondary N) is 1. The van der Waals surface area contributed by atoms with E-state index in [0.29, 0.717) is 30.8 Å². The molecule has 1 saturated carbocycles. The predicted octanol–water partition coefficient (Wildman–Crippen LogP) is 2.23. The quantitative estimate of drug-likeness (QED) is 0.787. The summed E-state index contributed by atoms with van der Waals surface area (Å²) in [6, 6.07) is 6.46. The Kier molecular flexibility index (Phi) is 4.98. The van der Waals surface area contributed by atoms with Crippen LogP contribution in [0.25, 0.3) is 0 Å². The maximum Gasteiger partial charge on any atom is 0.308 e. The van der Waals surface area contributed by atoms with Crippen LogP contribution in [0, 0.1) is 5.92 Å². The van der Waals surface area contributed by atoms with Gasteiger partial charge in [0.2, 0.25) is 0 Å². The third kappa shape index (κ3) is 3.84. The Morgan fingerprint density at radius 3 is 2.67 bits per heavy atom. The smallest absolute Gasteiger partial charge is 0.308 e. The molecule has 0 aromatic heterocycles. The van der Waals surface area contributed by atoms with Crippen LogP contribution in [0.1, 0.15) is 29.6 Å². The topological polar surface area (TPSA) is 75.6 Å². The number of carbonyl (C=O) groups is 2. The van der Waals surface area contributed by atoms with E-state index in [9.17, 15) is 9.59 Å². The molecule has 1 amide bonds. The number of amides is 1. The molecule has 0 heterocycles. The molecular weight excluding hydrogens is 270 g/mol. The van der Waals surface area contributed by atoms with Gasteiger partial charge in [-0.05, 0) is 37.1 Å². The van der Waals surface area contributed by atoms with Gasteiger partial charge in [-0.1, -0.05) is 19.1 Å². The van der Waals surface area contributed by atoms with Crippen LogP contribution in [0.15, 0.2) is 36.9 Å². The number of ether oxygens (including phenoxy) is 1. The number of hydrogen-bond acceptors (Lipinski definition) is 3. The van der Waals surface area contributed by atoms with Crippen LogP contribution in [0.2, 0.25) is 0 Å². The molecule has 5 nitrogen and oxygen atoms in total. The molecule has 0 aliphatic heterocycles. The van der Waals surface area contributed by atoms with E-state index >= 15 is 0 Å². The van der Waals surface area contributed by atoms with Crippen LogP contribution in [0.4, 0.5) is 0 Å². The van der Waals surface area contributed by atoms with E-state index in [1.807, 2.05) is 0 Å². The first-order valence-electron chi connectivity index (χ1n) is 6.99. The van der Waals surface area contributed by atoms with Gasteiger partial charge in [-0.3, -0.25) is 9.59 Å². The monoisotopic (exact) mass is 289 g/mol. The lowest BCUT2D eigenvalue weighted by Gasteiger charge is -2.17. The molecule has 0 radical (unpaired) electrons. The molecule has 1 aromatic carbocycles. The minimum Gasteiger partial charge on any atom is -0.490 e. The first-order chi connectivity index (χ1) is 10.1. The molecule has 2 N–H and O–H groups in total. The van der Waals surface area contributed by atoms with Crippen molar-refractivity contribution < 1.29 is 19.4 Å². The van der Waals surface area contributed by atoms with Crippen molar-refractivity contribution in [3.8, 4) is 5.75 Å². The average molecular weight is 289 g/mol. The van der Waals surface area contributed by atoms with E-state index in [1.165, 1.54) is 0 Å². The normalized spacial score (nSPS) is 20.8. The molecule has 2 atom stereocenters. The van der Waals surface area contributed by atoms with Crippen molar-refractivity contribution in [3.63, 3.8) is 0 Å². The molecule has 5 heteroatoms. The van der Waals surface area contributed by atoms with Crippen LogP contribution in [-0.2, 0) is 4.79 Å². The molecule has 1 aliphatic carbocycles. The fraction of sp³-hybridized carbons (Fsp3) is 0.375.